The Balaban J connectivity index is 3.07. The molecule has 0 fully saturated rings. The molecular weight excluding hydrogens is 148 g/mol. The second-order valence-corrected chi connectivity index (χ2v) is 4.36. The van der Waals surface area contributed by atoms with Gasteiger partial charge in [0.1, 0.15) is 5.16 Å². The van der Waals surface area contributed by atoms with E-state index >= 15 is 0 Å². The molecule has 0 unspecified atom stereocenters. The van der Waals surface area contributed by atoms with Crippen molar-refractivity contribution in [1.29, 1.82) is 0 Å². The Kier molecular flexibility index (Phi) is 2.11. The predicted octanol–water partition coefficient (Wildman–Crippen LogP) is 0.390. The molecule has 1 rings (SSSR count). The number of aromatic amines is 1. The zero-order valence-corrected chi connectivity index (χ0v) is 6.85. The average molecular weight is 158 g/mol. The molecule has 10 heavy (non-hydrogen) atoms. The summed E-state index contributed by atoms with van der Waals surface area (Å²) in [6, 6.07) is 1.42. The molecule has 0 atom stereocenters. The van der Waals surface area contributed by atoms with Crippen LogP contribution in [0.2, 0.25) is 0 Å². The molecule has 56 valence electrons. The standard InChI is InChI=1S/C6H10N2OS/c1-10(2)6-7-4-3-5(9)8-6/h3-4,10H,1-2H3,(H,7,8,9). The predicted molar refractivity (Wildman–Crippen MR) is 44.0 cm³/mol. The van der Waals surface area contributed by atoms with Gasteiger partial charge in [0.2, 0.25) is 0 Å². The van der Waals surface area contributed by atoms with Crippen molar-refractivity contribution < 1.29 is 0 Å². The van der Waals surface area contributed by atoms with Crippen LogP contribution in [0, 0.1) is 0 Å². The second-order valence-electron chi connectivity index (χ2n) is 2.15. The van der Waals surface area contributed by atoms with Crippen LogP contribution in [0.25, 0.3) is 0 Å². The molecule has 1 aromatic heterocycles. The van der Waals surface area contributed by atoms with Crippen LogP contribution in [0.3, 0.4) is 0 Å². The van der Waals surface area contributed by atoms with Gasteiger partial charge in [-0.25, -0.2) is 10.9 Å². The quantitative estimate of drug-likeness (QED) is 0.459. The summed E-state index contributed by atoms with van der Waals surface area (Å²) in [5, 5.41) is 0.808. The summed E-state index contributed by atoms with van der Waals surface area (Å²) < 4.78 is 0. The van der Waals surface area contributed by atoms with Gasteiger partial charge >= 0.3 is 0 Å². The van der Waals surface area contributed by atoms with E-state index in [0.29, 0.717) is 0 Å². The third-order valence-electron chi connectivity index (χ3n) is 1.08. The number of hydrogen-bond acceptors (Lipinski definition) is 2. The van der Waals surface area contributed by atoms with Crippen molar-refractivity contribution in [2.24, 2.45) is 0 Å². The molecule has 0 radical (unpaired) electrons. The van der Waals surface area contributed by atoms with Crippen LogP contribution in [-0.2, 0) is 0 Å². The van der Waals surface area contributed by atoms with E-state index in [2.05, 4.69) is 9.97 Å². The molecule has 3 nitrogen and oxygen atoms in total. The maximum atomic E-state index is 10.7. The van der Waals surface area contributed by atoms with E-state index in [0.717, 1.165) is 5.16 Å². The van der Waals surface area contributed by atoms with Crippen LogP contribution >= 0.6 is 10.9 Å². The zero-order chi connectivity index (χ0) is 7.56. The highest BCUT2D eigenvalue weighted by Crippen LogP contribution is 2.20. The monoisotopic (exact) mass is 158 g/mol. The lowest BCUT2D eigenvalue weighted by Gasteiger charge is -2.05. The van der Waals surface area contributed by atoms with Crippen molar-refractivity contribution in [2.75, 3.05) is 12.5 Å². The van der Waals surface area contributed by atoms with Gasteiger partial charge in [-0.05, 0) is 12.5 Å². The Labute approximate surface area is 61.9 Å². The lowest BCUT2D eigenvalue weighted by molar-refractivity contribution is 0.935. The van der Waals surface area contributed by atoms with E-state index in [-0.39, 0.29) is 16.5 Å². The van der Waals surface area contributed by atoms with Crippen molar-refractivity contribution in [2.45, 2.75) is 5.16 Å². The Hall–Kier alpha value is -0.770. The molecule has 0 aliphatic heterocycles. The van der Waals surface area contributed by atoms with Crippen LogP contribution < -0.4 is 5.56 Å². The summed E-state index contributed by atoms with van der Waals surface area (Å²) in [6.45, 7) is 0. The van der Waals surface area contributed by atoms with Crippen molar-refractivity contribution in [1.82, 2.24) is 9.97 Å². The molecule has 0 amide bonds. The van der Waals surface area contributed by atoms with Gasteiger partial charge in [0.05, 0.1) is 0 Å². The van der Waals surface area contributed by atoms with Crippen molar-refractivity contribution in [3.8, 4) is 0 Å². The Morgan fingerprint density at radius 3 is 2.70 bits per heavy atom. The maximum Gasteiger partial charge on any atom is 0.273 e. The summed E-state index contributed by atoms with van der Waals surface area (Å²) in [5.41, 5.74) is -0.162. The van der Waals surface area contributed by atoms with E-state index in [4.69, 9.17) is 0 Å². The topological polar surface area (TPSA) is 45.8 Å². The Morgan fingerprint density at radius 1 is 1.60 bits per heavy atom. The summed E-state index contributed by atoms with van der Waals surface area (Å²) in [6.07, 6.45) is 5.73. The van der Waals surface area contributed by atoms with E-state index in [1.54, 1.807) is 6.20 Å². The maximum absolute atomic E-state index is 10.7. The molecule has 4 heteroatoms. The number of thiol groups is 1. The van der Waals surface area contributed by atoms with Gasteiger partial charge in [0.15, 0.2) is 0 Å². The number of H-pyrrole nitrogens is 1. The number of hydrogen-bond donors (Lipinski definition) is 2. The minimum atomic E-state index is -0.278. The molecule has 0 aromatic carbocycles. The number of nitrogens with zero attached hydrogens (tertiary/aromatic N) is 1. The second kappa shape index (κ2) is 2.88. The number of aromatic nitrogens is 2. The van der Waals surface area contributed by atoms with Gasteiger partial charge in [-0.1, -0.05) is 0 Å². The summed E-state index contributed by atoms with van der Waals surface area (Å²) >= 11 is 0. The molecule has 0 aliphatic rings. The van der Waals surface area contributed by atoms with Gasteiger partial charge in [0.25, 0.3) is 5.56 Å². The first-order valence-electron chi connectivity index (χ1n) is 2.93. The van der Waals surface area contributed by atoms with Crippen molar-refractivity contribution in [3.63, 3.8) is 0 Å². The van der Waals surface area contributed by atoms with Crippen LogP contribution in [0.15, 0.2) is 22.2 Å². The fraction of sp³-hybridized carbons (Fsp3) is 0.333. The van der Waals surface area contributed by atoms with Crippen LogP contribution in [0.5, 0.6) is 0 Å². The van der Waals surface area contributed by atoms with Crippen molar-refractivity contribution in [3.05, 3.63) is 22.6 Å². The first-order chi connectivity index (χ1) is 4.70. The highest BCUT2D eigenvalue weighted by atomic mass is 32.2. The lowest BCUT2D eigenvalue weighted by Crippen LogP contribution is -2.06. The SMILES string of the molecule is C[SH](C)c1nc(=O)cc[nH]1. The fourth-order valence-corrected chi connectivity index (χ4v) is 1.22. The highest BCUT2D eigenvalue weighted by Gasteiger charge is 1.94. The van der Waals surface area contributed by atoms with Gasteiger partial charge in [0, 0.05) is 12.3 Å². The smallest absolute Gasteiger partial charge is 0.273 e. The van der Waals surface area contributed by atoms with Crippen LogP contribution in [-0.4, -0.2) is 22.5 Å². The van der Waals surface area contributed by atoms with Gasteiger partial charge in [-0.3, -0.25) is 4.79 Å². The summed E-state index contributed by atoms with van der Waals surface area (Å²) in [4.78, 5) is 17.4. The Morgan fingerprint density at radius 2 is 2.30 bits per heavy atom. The normalized spacial score (nSPS) is 11.2. The first kappa shape index (κ1) is 7.34. The number of nitrogens with one attached hydrogen (secondary N) is 1. The number of rotatable bonds is 1. The van der Waals surface area contributed by atoms with E-state index in [9.17, 15) is 4.79 Å². The molecular formula is C6H10N2OS. The summed E-state index contributed by atoms with van der Waals surface area (Å²) in [5.74, 6) is 0. The van der Waals surface area contributed by atoms with E-state index in [1.807, 2.05) is 12.5 Å². The largest absolute Gasteiger partial charge is 0.342 e. The van der Waals surface area contributed by atoms with E-state index in [1.165, 1.54) is 6.07 Å². The minimum Gasteiger partial charge on any atom is -0.342 e. The molecule has 1 aromatic rings. The Bertz CT molecular complexity index is 268. The molecule has 1 N–H and O–H groups in total. The van der Waals surface area contributed by atoms with Gasteiger partial charge < -0.3 is 4.98 Å². The third kappa shape index (κ3) is 1.60. The third-order valence-corrected chi connectivity index (χ3v) is 2.15. The first-order valence-corrected chi connectivity index (χ1v) is 5.17. The molecule has 0 bridgehead atoms. The fourth-order valence-electron chi connectivity index (χ4n) is 0.591. The zero-order valence-electron chi connectivity index (χ0n) is 5.96. The van der Waals surface area contributed by atoms with E-state index < -0.39 is 0 Å². The lowest BCUT2D eigenvalue weighted by atomic mass is 10.7. The molecule has 0 spiro atoms. The van der Waals surface area contributed by atoms with Crippen LogP contribution in [0.1, 0.15) is 0 Å². The van der Waals surface area contributed by atoms with Gasteiger partial charge in [-0.15, -0.1) is 0 Å². The molecule has 0 aliphatic carbocycles. The minimum absolute atomic E-state index is 0.162. The van der Waals surface area contributed by atoms with Crippen molar-refractivity contribution >= 4 is 10.9 Å². The molecule has 1 heterocycles. The molecule has 0 saturated heterocycles. The highest BCUT2D eigenvalue weighted by molar-refractivity contribution is 8.15. The average Bonchev–Trinajstić information content (AvgIpc) is 1.88. The van der Waals surface area contributed by atoms with Crippen LogP contribution in [0.4, 0.5) is 0 Å². The summed E-state index contributed by atoms with van der Waals surface area (Å²) in [7, 11) is -0.278. The van der Waals surface area contributed by atoms with Gasteiger partial charge in [-0.2, -0.15) is 4.98 Å². The molecule has 0 saturated carbocycles.